The SMILES string of the molecule is N[C@H](CNc1ccc(CCNC[C@H](O)c2ccc(OCc3ccccc3)c(NC=O)c2)cc1)c1ccccc1. The van der Waals surface area contributed by atoms with Crippen LogP contribution in [0.3, 0.4) is 0 Å². The number of aliphatic hydroxyl groups is 1. The summed E-state index contributed by atoms with van der Waals surface area (Å²) in [6.07, 6.45) is 0.721. The number of rotatable bonds is 15. The van der Waals surface area contributed by atoms with E-state index >= 15 is 0 Å². The van der Waals surface area contributed by atoms with Crippen molar-refractivity contribution in [1.82, 2.24) is 5.32 Å². The molecule has 4 rings (SSSR count). The summed E-state index contributed by atoms with van der Waals surface area (Å²) in [6, 6.07) is 33.5. The van der Waals surface area contributed by atoms with E-state index in [1.54, 1.807) is 12.1 Å². The standard InChI is InChI=1S/C32H36N4O3/c33-29(26-9-5-2-6-10-26)20-35-28-14-11-24(12-15-28)17-18-34-21-31(38)27-13-16-32(30(19-27)36-23-37)39-22-25-7-3-1-4-8-25/h1-16,19,23,29,31,34-35,38H,17-18,20-22,33H2,(H,36,37)/t29-,31+/m1/s1. The predicted molar refractivity (Wildman–Crippen MR) is 157 cm³/mol. The fourth-order valence-electron chi connectivity index (χ4n) is 4.22. The van der Waals surface area contributed by atoms with Gasteiger partial charge in [-0.05, 0) is 59.5 Å². The fourth-order valence-corrected chi connectivity index (χ4v) is 4.22. The van der Waals surface area contributed by atoms with Gasteiger partial charge in [-0.2, -0.15) is 0 Å². The molecule has 0 aliphatic carbocycles. The molecule has 0 saturated carbocycles. The van der Waals surface area contributed by atoms with Gasteiger partial charge in [0.15, 0.2) is 0 Å². The third kappa shape index (κ3) is 8.68. The summed E-state index contributed by atoms with van der Waals surface area (Å²) in [5, 5.41) is 20.1. The Bertz CT molecular complexity index is 1280. The molecule has 6 N–H and O–H groups in total. The molecule has 7 heteroatoms. The van der Waals surface area contributed by atoms with E-state index in [-0.39, 0.29) is 6.04 Å². The largest absolute Gasteiger partial charge is 0.487 e. The molecule has 0 saturated heterocycles. The maximum absolute atomic E-state index is 11.1. The van der Waals surface area contributed by atoms with Crippen molar-refractivity contribution in [2.24, 2.45) is 5.73 Å². The van der Waals surface area contributed by atoms with Gasteiger partial charge in [0.1, 0.15) is 12.4 Å². The summed E-state index contributed by atoms with van der Waals surface area (Å²) in [5.74, 6) is 0.551. The summed E-state index contributed by atoms with van der Waals surface area (Å²) in [5.41, 5.74) is 11.9. The van der Waals surface area contributed by atoms with Crippen molar-refractivity contribution >= 4 is 17.8 Å². The highest BCUT2D eigenvalue weighted by Crippen LogP contribution is 2.29. The Morgan fingerprint density at radius 2 is 1.54 bits per heavy atom. The third-order valence-corrected chi connectivity index (χ3v) is 6.48. The van der Waals surface area contributed by atoms with Crippen LogP contribution in [0.4, 0.5) is 11.4 Å². The molecule has 7 nitrogen and oxygen atoms in total. The third-order valence-electron chi connectivity index (χ3n) is 6.48. The van der Waals surface area contributed by atoms with Crippen LogP contribution in [0.1, 0.15) is 34.4 Å². The van der Waals surface area contributed by atoms with E-state index in [0.29, 0.717) is 43.1 Å². The number of benzene rings is 4. The smallest absolute Gasteiger partial charge is 0.211 e. The molecule has 0 aliphatic rings. The Labute approximate surface area is 230 Å². The zero-order valence-electron chi connectivity index (χ0n) is 21.9. The highest BCUT2D eigenvalue weighted by atomic mass is 16.5. The molecule has 1 amide bonds. The molecule has 0 aliphatic heterocycles. The minimum atomic E-state index is -0.722. The zero-order chi connectivity index (χ0) is 27.3. The Kier molecular flexibility index (Phi) is 10.5. The molecule has 4 aromatic carbocycles. The summed E-state index contributed by atoms with van der Waals surface area (Å²) in [7, 11) is 0. The number of nitrogens with two attached hydrogens (primary N) is 1. The maximum Gasteiger partial charge on any atom is 0.211 e. The molecule has 202 valence electrons. The van der Waals surface area contributed by atoms with Crippen molar-refractivity contribution < 1.29 is 14.6 Å². The Morgan fingerprint density at radius 3 is 2.26 bits per heavy atom. The average Bonchev–Trinajstić information content (AvgIpc) is 2.99. The minimum absolute atomic E-state index is 0.0650. The summed E-state index contributed by atoms with van der Waals surface area (Å²) >= 11 is 0. The lowest BCUT2D eigenvalue weighted by Crippen LogP contribution is -2.24. The zero-order valence-corrected chi connectivity index (χ0v) is 21.9. The van der Waals surface area contributed by atoms with Gasteiger partial charge >= 0.3 is 0 Å². The number of ether oxygens (including phenoxy) is 1. The van der Waals surface area contributed by atoms with E-state index < -0.39 is 6.10 Å². The van der Waals surface area contributed by atoms with Crippen LogP contribution in [0.25, 0.3) is 0 Å². The van der Waals surface area contributed by atoms with Gasteiger partial charge in [-0.15, -0.1) is 0 Å². The van der Waals surface area contributed by atoms with Crippen molar-refractivity contribution in [3.8, 4) is 5.75 Å². The normalized spacial score (nSPS) is 12.4. The predicted octanol–water partition coefficient (Wildman–Crippen LogP) is 4.81. The number of nitrogens with one attached hydrogen (secondary N) is 3. The maximum atomic E-state index is 11.1. The van der Waals surface area contributed by atoms with E-state index in [1.165, 1.54) is 5.56 Å². The lowest BCUT2D eigenvalue weighted by molar-refractivity contribution is -0.105. The highest BCUT2D eigenvalue weighted by molar-refractivity contribution is 5.76. The Balaban J connectivity index is 1.21. The van der Waals surface area contributed by atoms with E-state index in [1.807, 2.05) is 66.7 Å². The van der Waals surface area contributed by atoms with Crippen LogP contribution < -0.4 is 26.4 Å². The van der Waals surface area contributed by atoms with Crippen LogP contribution in [0.5, 0.6) is 5.75 Å². The highest BCUT2D eigenvalue weighted by Gasteiger charge is 2.12. The molecular formula is C32H36N4O3. The second kappa shape index (κ2) is 14.7. The van der Waals surface area contributed by atoms with Crippen molar-refractivity contribution in [1.29, 1.82) is 0 Å². The second-order valence-electron chi connectivity index (χ2n) is 9.36. The molecule has 0 aromatic heterocycles. The van der Waals surface area contributed by atoms with Crippen LogP contribution in [-0.4, -0.2) is 31.2 Å². The van der Waals surface area contributed by atoms with Crippen LogP contribution >= 0.6 is 0 Å². The van der Waals surface area contributed by atoms with E-state index in [9.17, 15) is 9.90 Å². The molecule has 39 heavy (non-hydrogen) atoms. The van der Waals surface area contributed by atoms with Crippen LogP contribution in [0.2, 0.25) is 0 Å². The summed E-state index contributed by atoms with van der Waals surface area (Å²) in [4.78, 5) is 11.1. The van der Waals surface area contributed by atoms with Gasteiger partial charge in [0.05, 0.1) is 11.8 Å². The lowest BCUT2D eigenvalue weighted by Gasteiger charge is -2.16. The summed E-state index contributed by atoms with van der Waals surface area (Å²) in [6.45, 7) is 2.16. The number of hydrogen-bond donors (Lipinski definition) is 5. The molecule has 0 unspecified atom stereocenters. The van der Waals surface area contributed by atoms with E-state index in [2.05, 4.69) is 40.2 Å². The topological polar surface area (TPSA) is 109 Å². The van der Waals surface area contributed by atoms with Gasteiger partial charge in [0.25, 0.3) is 0 Å². The van der Waals surface area contributed by atoms with Crippen LogP contribution in [-0.2, 0) is 17.8 Å². The molecule has 0 bridgehead atoms. The van der Waals surface area contributed by atoms with Crippen LogP contribution in [0, 0.1) is 0 Å². The number of aliphatic hydroxyl groups excluding tert-OH is 1. The number of anilines is 2. The first-order valence-corrected chi connectivity index (χ1v) is 13.2. The molecule has 4 aromatic rings. The molecular weight excluding hydrogens is 488 g/mol. The number of carbonyl (C=O) groups is 1. The van der Waals surface area contributed by atoms with Gasteiger partial charge in [-0.25, -0.2) is 0 Å². The van der Waals surface area contributed by atoms with Gasteiger partial charge in [-0.3, -0.25) is 4.79 Å². The van der Waals surface area contributed by atoms with Gasteiger partial charge in [-0.1, -0.05) is 78.9 Å². The molecule has 0 spiro atoms. The summed E-state index contributed by atoms with van der Waals surface area (Å²) < 4.78 is 5.88. The number of amides is 1. The average molecular weight is 525 g/mol. The fraction of sp³-hybridized carbons (Fsp3) is 0.219. The van der Waals surface area contributed by atoms with Crippen molar-refractivity contribution in [2.75, 3.05) is 30.3 Å². The first kappa shape index (κ1) is 27.9. The van der Waals surface area contributed by atoms with Crippen molar-refractivity contribution in [2.45, 2.75) is 25.2 Å². The Morgan fingerprint density at radius 1 is 0.821 bits per heavy atom. The van der Waals surface area contributed by atoms with Crippen molar-refractivity contribution in [3.05, 3.63) is 125 Å². The van der Waals surface area contributed by atoms with Crippen LogP contribution in [0.15, 0.2) is 103 Å². The molecule has 0 fully saturated rings. The van der Waals surface area contributed by atoms with E-state index in [4.69, 9.17) is 10.5 Å². The molecule has 0 heterocycles. The first-order valence-electron chi connectivity index (χ1n) is 13.2. The molecule has 0 radical (unpaired) electrons. The first-order chi connectivity index (χ1) is 19.1. The van der Waals surface area contributed by atoms with Gasteiger partial charge < -0.3 is 31.5 Å². The Hall–Kier alpha value is -4.17. The minimum Gasteiger partial charge on any atom is -0.487 e. The van der Waals surface area contributed by atoms with Crippen molar-refractivity contribution in [3.63, 3.8) is 0 Å². The van der Waals surface area contributed by atoms with E-state index in [0.717, 1.165) is 29.8 Å². The lowest BCUT2D eigenvalue weighted by atomic mass is 10.1. The number of hydrogen-bond acceptors (Lipinski definition) is 6. The second-order valence-corrected chi connectivity index (χ2v) is 9.36. The van der Waals surface area contributed by atoms with Gasteiger partial charge in [0.2, 0.25) is 6.41 Å². The monoisotopic (exact) mass is 524 g/mol. The number of carbonyl (C=O) groups excluding carboxylic acids is 1. The molecule has 2 atom stereocenters. The quantitative estimate of drug-likeness (QED) is 0.113. The van der Waals surface area contributed by atoms with Gasteiger partial charge in [0, 0.05) is 24.8 Å².